The summed E-state index contributed by atoms with van der Waals surface area (Å²) in [6.45, 7) is 0.925. The van der Waals surface area contributed by atoms with Crippen LogP contribution in [0.5, 0.6) is 0 Å². The fourth-order valence-electron chi connectivity index (χ4n) is 1.98. The van der Waals surface area contributed by atoms with Gasteiger partial charge in [-0.05, 0) is 24.8 Å². The SMILES string of the molecule is Nc1ncc(-c2cnn(CC3CC3)c2)cc1C(=O)O. The van der Waals surface area contributed by atoms with Crippen molar-refractivity contribution in [3.05, 3.63) is 30.2 Å². The van der Waals surface area contributed by atoms with Crippen LogP contribution < -0.4 is 5.73 Å². The van der Waals surface area contributed by atoms with Gasteiger partial charge in [0.25, 0.3) is 0 Å². The van der Waals surface area contributed by atoms with Crippen molar-refractivity contribution >= 4 is 11.8 Å². The molecule has 0 bridgehead atoms. The average molecular weight is 258 g/mol. The molecule has 0 aromatic carbocycles. The van der Waals surface area contributed by atoms with E-state index in [0.29, 0.717) is 5.56 Å². The molecule has 0 atom stereocenters. The molecular formula is C13H14N4O2. The first-order valence-corrected chi connectivity index (χ1v) is 6.15. The van der Waals surface area contributed by atoms with Gasteiger partial charge in [-0.1, -0.05) is 0 Å². The largest absolute Gasteiger partial charge is 0.478 e. The maximum atomic E-state index is 11.0. The van der Waals surface area contributed by atoms with Crippen molar-refractivity contribution in [2.24, 2.45) is 5.92 Å². The number of aromatic carboxylic acids is 1. The smallest absolute Gasteiger partial charge is 0.339 e. The zero-order chi connectivity index (χ0) is 13.4. The van der Waals surface area contributed by atoms with Crippen molar-refractivity contribution in [1.82, 2.24) is 14.8 Å². The van der Waals surface area contributed by atoms with Gasteiger partial charge in [0.05, 0.1) is 6.20 Å². The van der Waals surface area contributed by atoms with Gasteiger partial charge in [0.2, 0.25) is 0 Å². The molecule has 3 N–H and O–H groups in total. The predicted octanol–water partition coefficient (Wildman–Crippen LogP) is 1.64. The van der Waals surface area contributed by atoms with Crippen molar-refractivity contribution in [3.63, 3.8) is 0 Å². The minimum atomic E-state index is -1.07. The van der Waals surface area contributed by atoms with Crippen LogP contribution in [0.2, 0.25) is 0 Å². The Morgan fingerprint density at radius 1 is 1.42 bits per heavy atom. The molecule has 0 aliphatic heterocycles. The third-order valence-electron chi connectivity index (χ3n) is 3.26. The third-order valence-corrected chi connectivity index (χ3v) is 3.26. The molecule has 98 valence electrons. The number of nitrogen functional groups attached to an aromatic ring is 1. The number of nitrogens with zero attached hydrogens (tertiary/aromatic N) is 3. The highest BCUT2D eigenvalue weighted by atomic mass is 16.4. The molecule has 2 aromatic heterocycles. The first-order valence-electron chi connectivity index (χ1n) is 6.15. The number of hydrogen-bond donors (Lipinski definition) is 2. The molecule has 0 amide bonds. The molecule has 0 radical (unpaired) electrons. The number of pyridine rings is 1. The Hall–Kier alpha value is -2.37. The van der Waals surface area contributed by atoms with Gasteiger partial charge in [-0.2, -0.15) is 5.10 Å². The maximum Gasteiger partial charge on any atom is 0.339 e. The van der Waals surface area contributed by atoms with E-state index < -0.39 is 5.97 Å². The van der Waals surface area contributed by atoms with Crippen LogP contribution in [-0.2, 0) is 6.54 Å². The minimum Gasteiger partial charge on any atom is -0.478 e. The molecule has 3 rings (SSSR count). The standard InChI is InChI=1S/C13H14N4O2/c14-12-11(13(18)19)3-9(4-15-12)10-5-16-17(7-10)6-8-1-2-8/h3-5,7-8H,1-2,6H2,(H2,14,15)(H,18,19). The molecule has 1 saturated carbocycles. The molecule has 0 unspecified atom stereocenters. The molecule has 6 nitrogen and oxygen atoms in total. The first kappa shape index (κ1) is 11.7. The van der Waals surface area contributed by atoms with Gasteiger partial charge in [-0.15, -0.1) is 0 Å². The molecule has 19 heavy (non-hydrogen) atoms. The van der Waals surface area contributed by atoms with E-state index in [1.807, 2.05) is 10.9 Å². The summed E-state index contributed by atoms with van der Waals surface area (Å²) in [5, 5.41) is 13.3. The van der Waals surface area contributed by atoms with Crippen LogP contribution >= 0.6 is 0 Å². The molecule has 6 heteroatoms. The lowest BCUT2D eigenvalue weighted by molar-refractivity contribution is 0.0697. The number of carboxylic acid groups (broad SMARTS) is 1. The molecule has 2 aromatic rings. The highest BCUT2D eigenvalue weighted by Gasteiger charge is 2.22. The van der Waals surface area contributed by atoms with Crippen LogP contribution in [0, 0.1) is 5.92 Å². The van der Waals surface area contributed by atoms with Crippen molar-refractivity contribution < 1.29 is 9.90 Å². The molecule has 0 spiro atoms. The fourth-order valence-corrected chi connectivity index (χ4v) is 1.98. The van der Waals surface area contributed by atoms with Gasteiger partial charge in [-0.25, -0.2) is 9.78 Å². The zero-order valence-corrected chi connectivity index (χ0v) is 10.3. The van der Waals surface area contributed by atoms with Crippen LogP contribution in [0.4, 0.5) is 5.82 Å². The van der Waals surface area contributed by atoms with Crippen LogP contribution in [0.25, 0.3) is 11.1 Å². The van der Waals surface area contributed by atoms with Gasteiger partial charge in [-0.3, -0.25) is 4.68 Å². The molecule has 0 saturated heterocycles. The molecule has 1 fully saturated rings. The second-order valence-electron chi connectivity index (χ2n) is 4.86. The van der Waals surface area contributed by atoms with Crippen molar-refractivity contribution in [2.45, 2.75) is 19.4 Å². The molecule has 2 heterocycles. The topological polar surface area (TPSA) is 94.0 Å². The van der Waals surface area contributed by atoms with E-state index >= 15 is 0 Å². The normalized spacial score (nSPS) is 14.5. The zero-order valence-electron chi connectivity index (χ0n) is 10.3. The quantitative estimate of drug-likeness (QED) is 0.869. The summed E-state index contributed by atoms with van der Waals surface area (Å²) in [7, 11) is 0. The number of rotatable bonds is 4. The van der Waals surface area contributed by atoms with Crippen LogP contribution in [0.1, 0.15) is 23.2 Å². The van der Waals surface area contributed by atoms with Crippen molar-refractivity contribution in [3.8, 4) is 11.1 Å². The van der Waals surface area contributed by atoms with E-state index in [1.54, 1.807) is 12.4 Å². The summed E-state index contributed by atoms with van der Waals surface area (Å²) >= 11 is 0. The Balaban J connectivity index is 1.90. The van der Waals surface area contributed by atoms with E-state index in [1.165, 1.54) is 18.9 Å². The molecule has 1 aliphatic rings. The van der Waals surface area contributed by atoms with Crippen molar-refractivity contribution in [2.75, 3.05) is 5.73 Å². The first-order chi connectivity index (χ1) is 9.13. The summed E-state index contributed by atoms with van der Waals surface area (Å²) in [4.78, 5) is 14.9. The van der Waals surface area contributed by atoms with E-state index in [2.05, 4.69) is 10.1 Å². The number of hydrogen-bond acceptors (Lipinski definition) is 4. The van der Waals surface area contributed by atoms with Crippen LogP contribution in [-0.4, -0.2) is 25.8 Å². The number of carbonyl (C=O) groups is 1. The summed E-state index contributed by atoms with van der Waals surface area (Å²) in [5.41, 5.74) is 7.13. The van der Waals surface area contributed by atoms with Gasteiger partial charge in [0, 0.05) is 30.1 Å². The highest BCUT2D eigenvalue weighted by molar-refractivity contribution is 5.94. The van der Waals surface area contributed by atoms with Crippen LogP contribution in [0.3, 0.4) is 0 Å². The maximum absolute atomic E-state index is 11.0. The molecule has 1 aliphatic carbocycles. The Labute approximate surface area is 109 Å². The second-order valence-corrected chi connectivity index (χ2v) is 4.86. The van der Waals surface area contributed by atoms with E-state index in [0.717, 1.165) is 18.0 Å². The number of carboxylic acids is 1. The summed E-state index contributed by atoms with van der Waals surface area (Å²) in [6, 6.07) is 1.53. The average Bonchev–Trinajstić information content (AvgIpc) is 3.06. The van der Waals surface area contributed by atoms with Gasteiger partial charge in [0.15, 0.2) is 0 Å². The van der Waals surface area contributed by atoms with Gasteiger partial charge >= 0.3 is 5.97 Å². The van der Waals surface area contributed by atoms with E-state index in [-0.39, 0.29) is 11.4 Å². The number of nitrogens with two attached hydrogens (primary N) is 1. The summed E-state index contributed by atoms with van der Waals surface area (Å²) in [5.74, 6) is -0.300. The van der Waals surface area contributed by atoms with Crippen LogP contribution in [0.15, 0.2) is 24.7 Å². The monoisotopic (exact) mass is 258 g/mol. The Morgan fingerprint density at radius 2 is 2.21 bits per heavy atom. The summed E-state index contributed by atoms with van der Waals surface area (Å²) < 4.78 is 1.89. The Bertz CT molecular complexity index is 631. The Kier molecular flexibility index (Phi) is 2.70. The fraction of sp³-hybridized carbons (Fsp3) is 0.308. The number of anilines is 1. The summed E-state index contributed by atoms with van der Waals surface area (Å²) in [6.07, 6.45) is 7.74. The van der Waals surface area contributed by atoms with Gasteiger partial charge in [0.1, 0.15) is 11.4 Å². The third kappa shape index (κ3) is 2.42. The molecular weight excluding hydrogens is 244 g/mol. The lowest BCUT2D eigenvalue weighted by atomic mass is 10.1. The lowest BCUT2D eigenvalue weighted by Gasteiger charge is -2.02. The van der Waals surface area contributed by atoms with E-state index in [9.17, 15) is 4.79 Å². The minimum absolute atomic E-state index is 0.0208. The highest BCUT2D eigenvalue weighted by Crippen LogP contribution is 2.31. The van der Waals surface area contributed by atoms with Crippen molar-refractivity contribution in [1.29, 1.82) is 0 Å². The number of aromatic nitrogens is 3. The Morgan fingerprint density at radius 3 is 2.89 bits per heavy atom. The lowest BCUT2D eigenvalue weighted by Crippen LogP contribution is -2.04. The van der Waals surface area contributed by atoms with E-state index in [4.69, 9.17) is 10.8 Å². The predicted molar refractivity (Wildman–Crippen MR) is 69.6 cm³/mol. The second kappa shape index (κ2) is 4.38. The van der Waals surface area contributed by atoms with Gasteiger partial charge < -0.3 is 10.8 Å².